The first kappa shape index (κ1) is 16.8. The Hall–Kier alpha value is -1.28. The Kier molecular flexibility index (Phi) is 7.38. The van der Waals surface area contributed by atoms with Crippen LogP contribution in [0.5, 0.6) is 0 Å². The van der Waals surface area contributed by atoms with Crippen molar-refractivity contribution in [2.24, 2.45) is 0 Å². The van der Waals surface area contributed by atoms with Crippen LogP contribution >= 0.6 is 23.5 Å². The molecule has 0 aliphatic rings. The van der Waals surface area contributed by atoms with E-state index in [1.165, 1.54) is 23.5 Å². The summed E-state index contributed by atoms with van der Waals surface area (Å²) in [6, 6.07) is 0. The molecule has 0 amide bonds. The lowest BCUT2D eigenvalue weighted by atomic mass is 10.5. The van der Waals surface area contributed by atoms with Crippen molar-refractivity contribution < 1.29 is 9.90 Å². The lowest BCUT2D eigenvalue weighted by molar-refractivity contribution is -0.135. The zero-order valence-electron chi connectivity index (χ0n) is 11.6. The molecular weight excluding hydrogens is 296 g/mol. The van der Waals surface area contributed by atoms with Crippen molar-refractivity contribution in [3.63, 3.8) is 0 Å². The van der Waals surface area contributed by atoms with Gasteiger partial charge in [-0.2, -0.15) is 15.0 Å². The summed E-state index contributed by atoms with van der Waals surface area (Å²) in [5.74, 6) is 1.15. The van der Waals surface area contributed by atoms with Crippen LogP contribution in [0.3, 0.4) is 0 Å². The van der Waals surface area contributed by atoms with Crippen LogP contribution in [0.2, 0.25) is 0 Å². The van der Waals surface area contributed by atoms with E-state index < -0.39 is 5.97 Å². The van der Waals surface area contributed by atoms with E-state index in [4.69, 9.17) is 5.11 Å². The maximum atomic E-state index is 10.9. The summed E-state index contributed by atoms with van der Waals surface area (Å²) in [6.07, 6.45) is 1.63. The van der Waals surface area contributed by atoms with Gasteiger partial charge in [0.1, 0.15) is 6.54 Å². The van der Waals surface area contributed by atoms with Gasteiger partial charge in [0.25, 0.3) is 0 Å². The Morgan fingerprint density at radius 1 is 1.25 bits per heavy atom. The molecule has 0 radical (unpaired) electrons. The molecule has 20 heavy (non-hydrogen) atoms. The maximum absolute atomic E-state index is 10.9. The molecule has 1 heterocycles. The second-order valence-electron chi connectivity index (χ2n) is 3.63. The SMILES string of the molecule is C=CCN(CC(=O)O)c1nc(SCC)nc(SCC)n1. The Labute approximate surface area is 127 Å². The normalized spacial score (nSPS) is 10.3. The Bertz CT molecular complexity index is 447. The topological polar surface area (TPSA) is 79.2 Å². The summed E-state index contributed by atoms with van der Waals surface area (Å²) < 4.78 is 0. The monoisotopic (exact) mass is 314 g/mol. The summed E-state index contributed by atoms with van der Waals surface area (Å²) in [7, 11) is 0. The number of thioether (sulfide) groups is 2. The summed E-state index contributed by atoms with van der Waals surface area (Å²) in [4.78, 5) is 25.5. The van der Waals surface area contributed by atoms with Gasteiger partial charge < -0.3 is 10.0 Å². The van der Waals surface area contributed by atoms with Gasteiger partial charge in [-0.25, -0.2) is 0 Å². The minimum absolute atomic E-state index is 0.164. The number of carboxylic acids is 1. The Morgan fingerprint density at radius 2 is 1.80 bits per heavy atom. The molecule has 110 valence electrons. The zero-order chi connectivity index (χ0) is 15.0. The standard InChI is InChI=1S/C12H18N4O2S2/c1-4-7-16(8-9(17)18)10-13-11(19-5-2)15-12(14-10)20-6-3/h4H,1,5-8H2,2-3H3,(H,17,18). The number of nitrogens with zero attached hydrogens (tertiary/aromatic N) is 4. The number of hydrogen-bond donors (Lipinski definition) is 1. The summed E-state index contributed by atoms with van der Waals surface area (Å²) in [5, 5.41) is 10.2. The molecule has 0 aromatic carbocycles. The Balaban J connectivity index is 3.09. The van der Waals surface area contributed by atoms with Gasteiger partial charge in [-0.15, -0.1) is 6.58 Å². The quantitative estimate of drug-likeness (QED) is 0.549. The highest BCUT2D eigenvalue weighted by atomic mass is 32.2. The van der Waals surface area contributed by atoms with Crippen molar-refractivity contribution >= 4 is 35.4 Å². The van der Waals surface area contributed by atoms with Gasteiger partial charge in [-0.3, -0.25) is 4.79 Å². The van der Waals surface area contributed by atoms with E-state index in [9.17, 15) is 4.79 Å². The van der Waals surface area contributed by atoms with Gasteiger partial charge >= 0.3 is 5.97 Å². The average molecular weight is 314 g/mol. The zero-order valence-corrected chi connectivity index (χ0v) is 13.2. The molecular formula is C12H18N4O2S2. The van der Waals surface area contributed by atoms with E-state index in [-0.39, 0.29) is 6.54 Å². The highest BCUT2D eigenvalue weighted by Crippen LogP contribution is 2.21. The van der Waals surface area contributed by atoms with Gasteiger partial charge in [-0.05, 0) is 11.5 Å². The number of aliphatic carboxylic acids is 1. The second kappa shape index (κ2) is 8.80. The first-order chi connectivity index (χ1) is 9.60. The smallest absolute Gasteiger partial charge is 0.323 e. The second-order valence-corrected chi connectivity index (χ2v) is 6.09. The molecule has 1 aromatic rings. The number of anilines is 1. The number of hydrogen-bond acceptors (Lipinski definition) is 7. The van der Waals surface area contributed by atoms with Crippen molar-refractivity contribution in [3.05, 3.63) is 12.7 Å². The molecule has 1 N–H and O–H groups in total. The van der Waals surface area contributed by atoms with Gasteiger partial charge in [0.15, 0.2) is 10.3 Å². The fourth-order valence-corrected chi connectivity index (χ4v) is 2.56. The maximum Gasteiger partial charge on any atom is 0.323 e. The molecule has 0 aliphatic heterocycles. The minimum atomic E-state index is -0.929. The fourth-order valence-electron chi connectivity index (χ4n) is 1.39. The van der Waals surface area contributed by atoms with E-state index >= 15 is 0 Å². The van der Waals surface area contributed by atoms with Crippen LogP contribution in [0.15, 0.2) is 23.0 Å². The van der Waals surface area contributed by atoms with Crippen LogP contribution in [0, 0.1) is 0 Å². The predicted molar refractivity (Wildman–Crippen MR) is 82.7 cm³/mol. The summed E-state index contributed by atoms with van der Waals surface area (Å²) in [5.41, 5.74) is 0. The van der Waals surface area contributed by atoms with E-state index in [1.54, 1.807) is 11.0 Å². The van der Waals surface area contributed by atoms with Crippen molar-refractivity contribution in [3.8, 4) is 0 Å². The Morgan fingerprint density at radius 3 is 2.20 bits per heavy atom. The summed E-state index contributed by atoms with van der Waals surface area (Å²) >= 11 is 3.02. The van der Waals surface area contributed by atoms with Gasteiger partial charge in [0, 0.05) is 6.54 Å². The molecule has 0 aliphatic carbocycles. The van der Waals surface area contributed by atoms with Crippen molar-refractivity contribution in [2.75, 3.05) is 29.5 Å². The minimum Gasteiger partial charge on any atom is -0.480 e. The molecule has 6 nitrogen and oxygen atoms in total. The third-order valence-corrected chi connectivity index (χ3v) is 3.55. The van der Waals surface area contributed by atoms with E-state index in [0.29, 0.717) is 22.8 Å². The summed E-state index contributed by atoms with van der Waals surface area (Å²) in [6.45, 7) is 7.87. The lowest BCUT2D eigenvalue weighted by Crippen LogP contribution is -2.31. The van der Waals surface area contributed by atoms with Crippen LogP contribution in [-0.2, 0) is 4.79 Å². The van der Waals surface area contributed by atoms with E-state index in [0.717, 1.165) is 11.5 Å². The van der Waals surface area contributed by atoms with Crippen LogP contribution in [-0.4, -0.2) is 50.6 Å². The molecule has 0 atom stereocenters. The number of carbonyl (C=O) groups is 1. The lowest BCUT2D eigenvalue weighted by Gasteiger charge is -2.19. The first-order valence-electron chi connectivity index (χ1n) is 6.20. The van der Waals surface area contributed by atoms with Gasteiger partial charge in [0.2, 0.25) is 5.95 Å². The molecule has 0 spiro atoms. The van der Waals surface area contributed by atoms with Crippen LogP contribution in [0.4, 0.5) is 5.95 Å². The number of carboxylic acid groups (broad SMARTS) is 1. The molecule has 1 aromatic heterocycles. The number of rotatable bonds is 9. The highest BCUT2D eigenvalue weighted by Gasteiger charge is 2.15. The number of aromatic nitrogens is 3. The molecule has 8 heteroatoms. The molecule has 0 saturated heterocycles. The van der Waals surface area contributed by atoms with Crippen LogP contribution in [0.25, 0.3) is 0 Å². The van der Waals surface area contributed by atoms with Crippen LogP contribution < -0.4 is 4.90 Å². The molecule has 0 saturated carbocycles. The molecule has 1 rings (SSSR count). The molecule has 0 bridgehead atoms. The highest BCUT2D eigenvalue weighted by molar-refractivity contribution is 7.99. The van der Waals surface area contributed by atoms with Crippen molar-refractivity contribution in [2.45, 2.75) is 24.2 Å². The fraction of sp³-hybridized carbons (Fsp3) is 0.500. The molecule has 0 unspecified atom stereocenters. The predicted octanol–water partition coefficient (Wildman–Crippen LogP) is 2.17. The van der Waals surface area contributed by atoms with E-state index in [2.05, 4.69) is 21.5 Å². The molecule has 0 fully saturated rings. The average Bonchev–Trinajstić information content (AvgIpc) is 2.38. The van der Waals surface area contributed by atoms with Crippen LogP contribution in [0.1, 0.15) is 13.8 Å². The van der Waals surface area contributed by atoms with Gasteiger partial charge in [-0.1, -0.05) is 43.4 Å². The first-order valence-corrected chi connectivity index (χ1v) is 8.17. The third-order valence-electron chi connectivity index (χ3n) is 2.09. The van der Waals surface area contributed by atoms with Crippen molar-refractivity contribution in [1.82, 2.24) is 15.0 Å². The van der Waals surface area contributed by atoms with Gasteiger partial charge in [0.05, 0.1) is 0 Å². The largest absolute Gasteiger partial charge is 0.480 e. The third kappa shape index (κ3) is 5.38. The van der Waals surface area contributed by atoms with Crippen molar-refractivity contribution in [1.29, 1.82) is 0 Å². The van der Waals surface area contributed by atoms with E-state index in [1.807, 2.05) is 13.8 Å².